The number of carbonyl (C=O) groups is 2. The van der Waals surface area contributed by atoms with Crippen molar-refractivity contribution in [1.82, 2.24) is 9.97 Å². The van der Waals surface area contributed by atoms with E-state index < -0.39 is 18.1 Å². The number of carboxylic acid groups (broad SMARTS) is 2. The summed E-state index contributed by atoms with van der Waals surface area (Å²) in [5.74, 6) is -3.75. The highest BCUT2D eigenvalue weighted by atomic mass is 19.4. The molecule has 0 amide bonds. The second-order valence-electron chi connectivity index (χ2n) is 3.72. The van der Waals surface area contributed by atoms with Gasteiger partial charge in [0.15, 0.2) is 0 Å². The maximum absolute atomic E-state index is 10.9. The molecule has 2 N–H and O–H groups in total. The third-order valence-electron chi connectivity index (χ3n) is 2.19. The fourth-order valence-corrected chi connectivity index (χ4v) is 1.28. The van der Waals surface area contributed by atoms with E-state index in [9.17, 15) is 18.0 Å². The van der Waals surface area contributed by atoms with Crippen molar-refractivity contribution in [3.05, 3.63) is 48.3 Å². The lowest BCUT2D eigenvalue weighted by Gasteiger charge is -2.02. The van der Waals surface area contributed by atoms with Gasteiger partial charge in [-0.3, -0.25) is 9.97 Å². The molecule has 0 bridgehead atoms. The van der Waals surface area contributed by atoms with Crippen LogP contribution in [0.15, 0.2) is 42.7 Å². The molecular formula is C13H9F3N2O4. The molecule has 0 aliphatic carbocycles. The predicted molar refractivity (Wildman–Crippen MR) is 68.1 cm³/mol. The molecule has 2 aromatic rings. The summed E-state index contributed by atoms with van der Waals surface area (Å²) < 4.78 is 31.7. The zero-order valence-electron chi connectivity index (χ0n) is 10.8. The lowest BCUT2D eigenvalue weighted by atomic mass is 10.1. The third kappa shape index (κ3) is 4.85. The highest BCUT2D eigenvalue weighted by Crippen LogP contribution is 2.18. The van der Waals surface area contributed by atoms with Crippen LogP contribution in [0, 0.1) is 0 Å². The fourth-order valence-electron chi connectivity index (χ4n) is 1.28. The maximum Gasteiger partial charge on any atom is 0.490 e. The van der Waals surface area contributed by atoms with E-state index >= 15 is 0 Å². The van der Waals surface area contributed by atoms with Crippen molar-refractivity contribution in [3.8, 4) is 11.4 Å². The van der Waals surface area contributed by atoms with Gasteiger partial charge in [0.1, 0.15) is 5.69 Å². The minimum absolute atomic E-state index is 0.163. The zero-order valence-corrected chi connectivity index (χ0v) is 10.8. The smallest absolute Gasteiger partial charge is 0.478 e. The molecule has 0 atom stereocenters. The van der Waals surface area contributed by atoms with Crippen molar-refractivity contribution >= 4 is 11.9 Å². The molecule has 6 nitrogen and oxygen atoms in total. The van der Waals surface area contributed by atoms with Crippen LogP contribution in [0.4, 0.5) is 13.2 Å². The van der Waals surface area contributed by atoms with Crippen LogP contribution in [-0.4, -0.2) is 38.3 Å². The maximum atomic E-state index is 10.9. The van der Waals surface area contributed by atoms with Crippen LogP contribution in [0.3, 0.4) is 0 Å². The van der Waals surface area contributed by atoms with Crippen LogP contribution >= 0.6 is 0 Å². The highest BCUT2D eigenvalue weighted by Gasteiger charge is 2.38. The monoisotopic (exact) mass is 314 g/mol. The quantitative estimate of drug-likeness (QED) is 0.883. The number of alkyl halides is 3. The lowest BCUT2D eigenvalue weighted by molar-refractivity contribution is -0.192. The minimum atomic E-state index is -5.08. The Morgan fingerprint density at radius 3 is 2.00 bits per heavy atom. The molecule has 2 heterocycles. The Kier molecular flexibility index (Phi) is 5.56. The highest BCUT2D eigenvalue weighted by molar-refractivity contribution is 5.94. The lowest BCUT2D eigenvalue weighted by Crippen LogP contribution is -2.21. The molecule has 0 aliphatic rings. The Bertz CT molecular complexity index is 660. The van der Waals surface area contributed by atoms with Gasteiger partial charge in [0.05, 0.1) is 11.3 Å². The number of pyridine rings is 2. The summed E-state index contributed by atoms with van der Waals surface area (Å²) >= 11 is 0. The molecule has 0 fully saturated rings. The molecular weight excluding hydrogens is 305 g/mol. The van der Waals surface area contributed by atoms with E-state index in [1.807, 2.05) is 0 Å². The normalized spacial score (nSPS) is 10.3. The van der Waals surface area contributed by atoms with Crippen molar-refractivity contribution in [1.29, 1.82) is 0 Å². The van der Waals surface area contributed by atoms with Crippen molar-refractivity contribution in [2.24, 2.45) is 0 Å². The molecule has 0 spiro atoms. The Hall–Kier alpha value is -2.97. The second-order valence-corrected chi connectivity index (χ2v) is 3.72. The summed E-state index contributed by atoms with van der Waals surface area (Å²) in [4.78, 5) is 27.9. The molecule has 9 heteroatoms. The average Bonchev–Trinajstić information content (AvgIpc) is 2.48. The van der Waals surface area contributed by atoms with Crippen molar-refractivity contribution < 1.29 is 33.0 Å². The molecule has 0 saturated heterocycles. The van der Waals surface area contributed by atoms with E-state index in [1.54, 1.807) is 36.7 Å². The van der Waals surface area contributed by atoms with Crippen molar-refractivity contribution in [2.45, 2.75) is 6.18 Å². The van der Waals surface area contributed by atoms with Crippen LogP contribution in [0.5, 0.6) is 0 Å². The van der Waals surface area contributed by atoms with Gasteiger partial charge in [-0.15, -0.1) is 0 Å². The number of nitrogens with zero attached hydrogens (tertiary/aromatic N) is 2. The number of halogens is 3. The molecule has 0 aromatic carbocycles. The topological polar surface area (TPSA) is 100 Å². The minimum Gasteiger partial charge on any atom is -0.478 e. The summed E-state index contributed by atoms with van der Waals surface area (Å²) in [6, 6.07) is 8.40. The third-order valence-corrected chi connectivity index (χ3v) is 2.19. The number of aromatic nitrogens is 2. The van der Waals surface area contributed by atoms with Gasteiger partial charge in [0.25, 0.3) is 0 Å². The van der Waals surface area contributed by atoms with Gasteiger partial charge in [0.2, 0.25) is 0 Å². The molecule has 2 rings (SSSR count). The van der Waals surface area contributed by atoms with Crippen LogP contribution in [-0.2, 0) is 4.79 Å². The van der Waals surface area contributed by atoms with Crippen LogP contribution in [0.2, 0.25) is 0 Å². The predicted octanol–water partition coefficient (Wildman–Crippen LogP) is 2.48. The van der Waals surface area contributed by atoms with Gasteiger partial charge in [-0.05, 0) is 24.3 Å². The van der Waals surface area contributed by atoms with E-state index in [-0.39, 0.29) is 5.56 Å². The zero-order chi connectivity index (χ0) is 16.8. The number of hydrogen-bond donors (Lipinski definition) is 2. The van der Waals surface area contributed by atoms with E-state index in [1.165, 1.54) is 6.07 Å². The SMILES string of the molecule is O=C(O)C(F)(F)F.O=C(O)c1cccnc1-c1ccccn1. The van der Waals surface area contributed by atoms with E-state index in [4.69, 9.17) is 15.0 Å². The molecule has 0 radical (unpaired) electrons. The standard InChI is InChI=1S/C11H8N2O2.C2HF3O2/c14-11(15)8-4-3-7-13-10(8)9-5-1-2-6-12-9;3-2(4,5)1(6)7/h1-7H,(H,14,15);(H,6,7). The Morgan fingerprint density at radius 2 is 1.55 bits per heavy atom. The van der Waals surface area contributed by atoms with E-state index in [2.05, 4.69) is 9.97 Å². The largest absolute Gasteiger partial charge is 0.490 e. The van der Waals surface area contributed by atoms with Gasteiger partial charge in [0, 0.05) is 12.4 Å². The van der Waals surface area contributed by atoms with Gasteiger partial charge >= 0.3 is 18.1 Å². The van der Waals surface area contributed by atoms with Crippen LogP contribution < -0.4 is 0 Å². The van der Waals surface area contributed by atoms with Gasteiger partial charge in [-0.1, -0.05) is 6.07 Å². The Balaban J connectivity index is 0.000000295. The number of aliphatic carboxylic acids is 1. The molecule has 22 heavy (non-hydrogen) atoms. The summed E-state index contributed by atoms with van der Waals surface area (Å²) in [6.07, 6.45) is -1.92. The summed E-state index contributed by atoms with van der Waals surface area (Å²) in [7, 11) is 0. The molecule has 116 valence electrons. The Morgan fingerprint density at radius 1 is 0.955 bits per heavy atom. The van der Waals surface area contributed by atoms with Gasteiger partial charge < -0.3 is 10.2 Å². The van der Waals surface area contributed by atoms with Gasteiger partial charge in [-0.2, -0.15) is 13.2 Å². The number of carboxylic acids is 2. The number of aromatic carboxylic acids is 1. The molecule has 0 aliphatic heterocycles. The average molecular weight is 314 g/mol. The second kappa shape index (κ2) is 7.16. The van der Waals surface area contributed by atoms with Crippen LogP contribution in [0.1, 0.15) is 10.4 Å². The molecule has 2 aromatic heterocycles. The molecule has 0 saturated carbocycles. The number of rotatable bonds is 2. The molecule has 0 unspecified atom stereocenters. The first-order chi connectivity index (χ1) is 10.2. The van der Waals surface area contributed by atoms with Crippen LogP contribution in [0.25, 0.3) is 11.4 Å². The van der Waals surface area contributed by atoms with Gasteiger partial charge in [-0.25, -0.2) is 9.59 Å². The first kappa shape index (κ1) is 17.1. The summed E-state index contributed by atoms with van der Waals surface area (Å²) in [5.41, 5.74) is 1.12. The first-order valence-corrected chi connectivity index (χ1v) is 5.63. The van der Waals surface area contributed by atoms with E-state index in [0.29, 0.717) is 11.4 Å². The van der Waals surface area contributed by atoms with Crippen molar-refractivity contribution in [3.63, 3.8) is 0 Å². The Labute approximate surface area is 121 Å². The first-order valence-electron chi connectivity index (χ1n) is 5.63. The number of hydrogen-bond acceptors (Lipinski definition) is 4. The fraction of sp³-hybridized carbons (Fsp3) is 0.0769. The van der Waals surface area contributed by atoms with Crippen molar-refractivity contribution in [2.75, 3.05) is 0 Å². The summed E-state index contributed by atoms with van der Waals surface area (Å²) in [6.45, 7) is 0. The summed E-state index contributed by atoms with van der Waals surface area (Å²) in [5, 5.41) is 16.1. The van der Waals surface area contributed by atoms with E-state index in [0.717, 1.165) is 0 Å².